The normalized spacial score (nSPS) is 36.1. The standard InChI is InChI=1S/C18H33N3/c19-15-18(9-7-17(8-10-18)5-1-2-6-17)21-13-12-20-11-3-4-16(20)14-21/h16H,1-15,19H2. The Morgan fingerprint density at radius 2 is 1.62 bits per heavy atom. The second-order valence-corrected chi connectivity index (χ2v) is 8.41. The summed E-state index contributed by atoms with van der Waals surface area (Å²) >= 11 is 0. The third-order valence-electron chi connectivity index (χ3n) is 7.54. The zero-order chi connectivity index (χ0) is 14.3. The SMILES string of the molecule is NCC1(N2CCN3CCCC3C2)CCC2(CCCC2)CC1. The molecule has 2 saturated carbocycles. The minimum absolute atomic E-state index is 0.350. The van der Waals surface area contributed by atoms with Gasteiger partial charge in [-0.2, -0.15) is 0 Å². The van der Waals surface area contributed by atoms with Gasteiger partial charge in [0.1, 0.15) is 0 Å². The smallest absolute Gasteiger partial charge is 0.0333 e. The van der Waals surface area contributed by atoms with Crippen molar-refractivity contribution in [2.75, 3.05) is 32.7 Å². The molecule has 0 aromatic heterocycles. The lowest BCUT2D eigenvalue weighted by Gasteiger charge is -2.53. The Labute approximate surface area is 130 Å². The summed E-state index contributed by atoms with van der Waals surface area (Å²) in [5.41, 5.74) is 7.42. The lowest BCUT2D eigenvalue weighted by Crippen LogP contribution is -2.63. The van der Waals surface area contributed by atoms with Crippen molar-refractivity contribution >= 4 is 0 Å². The maximum absolute atomic E-state index is 6.34. The lowest BCUT2D eigenvalue weighted by molar-refractivity contribution is -0.0261. The van der Waals surface area contributed by atoms with Crippen LogP contribution in [0.15, 0.2) is 0 Å². The number of hydrogen-bond acceptors (Lipinski definition) is 3. The number of piperazine rings is 1. The zero-order valence-corrected chi connectivity index (χ0v) is 13.7. The van der Waals surface area contributed by atoms with Crippen molar-refractivity contribution in [2.24, 2.45) is 11.1 Å². The summed E-state index contributed by atoms with van der Waals surface area (Å²) < 4.78 is 0. The highest BCUT2D eigenvalue weighted by atomic mass is 15.3. The van der Waals surface area contributed by atoms with E-state index >= 15 is 0 Å². The van der Waals surface area contributed by atoms with E-state index < -0.39 is 0 Å². The summed E-state index contributed by atoms with van der Waals surface area (Å²) in [5, 5.41) is 0. The number of fused-ring (bicyclic) bond motifs is 1. The molecule has 0 bridgehead atoms. The van der Waals surface area contributed by atoms with Gasteiger partial charge in [-0.05, 0) is 63.3 Å². The van der Waals surface area contributed by atoms with Gasteiger partial charge in [-0.25, -0.2) is 0 Å². The van der Waals surface area contributed by atoms with Gasteiger partial charge in [0.25, 0.3) is 0 Å². The molecule has 2 aliphatic heterocycles. The van der Waals surface area contributed by atoms with Crippen LogP contribution in [-0.2, 0) is 0 Å². The predicted molar refractivity (Wildman–Crippen MR) is 87.3 cm³/mol. The van der Waals surface area contributed by atoms with Crippen LogP contribution in [-0.4, -0.2) is 54.1 Å². The summed E-state index contributed by atoms with van der Waals surface area (Å²) in [6.07, 6.45) is 14.5. The Morgan fingerprint density at radius 1 is 0.857 bits per heavy atom. The lowest BCUT2D eigenvalue weighted by atomic mass is 9.65. The molecule has 0 aromatic rings. The summed E-state index contributed by atoms with van der Waals surface area (Å²) in [4.78, 5) is 5.54. The average molecular weight is 291 g/mol. The molecule has 2 aliphatic carbocycles. The van der Waals surface area contributed by atoms with Crippen molar-refractivity contribution < 1.29 is 0 Å². The first-order valence-electron chi connectivity index (χ1n) is 9.45. The number of nitrogens with zero attached hydrogens (tertiary/aromatic N) is 2. The Bertz CT molecular complexity index is 365. The van der Waals surface area contributed by atoms with Crippen LogP contribution in [0.5, 0.6) is 0 Å². The zero-order valence-electron chi connectivity index (χ0n) is 13.7. The molecule has 2 saturated heterocycles. The van der Waals surface area contributed by atoms with E-state index in [-0.39, 0.29) is 0 Å². The molecule has 1 unspecified atom stereocenters. The Balaban J connectivity index is 1.44. The Kier molecular flexibility index (Phi) is 3.79. The minimum Gasteiger partial charge on any atom is -0.329 e. The highest BCUT2D eigenvalue weighted by Gasteiger charge is 2.47. The summed E-state index contributed by atoms with van der Waals surface area (Å²) in [5.74, 6) is 0. The van der Waals surface area contributed by atoms with Gasteiger partial charge in [0, 0.05) is 37.8 Å². The van der Waals surface area contributed by atoms with Crippen molar-refractivity contribution in [3.05, 3.63) is 0 Å². The van der Waals surface area contributed by atoms with Crippen molar-refractivity contribution in [3.8, 4) is 0 Å². The maximum atomic E-state index is 6.34. The van der Waals surface area contributed by atoms with Gasteiger partial charge in [0.15, 0.2) is 0 Å². The van der Waals surface area contributed by atoms with Crippen LogP contribution in [0.25, 0.3) is 0 Å². The third-order valence-corrected chi connectivity index (χ3v) is 7.54. The first-order chi connectivity index (χ1) is 10.3. The van der Waals surface area contributed by atoms with E-state index in [2.05, 4.69) is 9.80 Å². The summed E-state index contributed by atoms with van der Waals surface area (Å²) in [6, 6.07) is 0.838. The third kappa shape index (κ3) is 2.46. The van der Waals surface area contributed by atoms with Crippen LogP contribution in [0.4, 0.5) is 0 Å². The van der Waals surface area contributed by atoms with Gasteiger partial charge in [0.2, 0.25) is 0 Å². The fourth-order valence-corrected chi connectivity index (χ4v) is 5.94. The van der Waals surface area contributed by atoms with Crippen molar-refractivity contribution in [1.29, 1.82) is 0 Å². The van der Waals surface area contributed by atoms with E-state index in [0.29, 0.717) is 5.54 Å². The van der Waals surface area contributed by atoms with E-state index in [1.165, 1.54) is 90.4 Å². The molecule has 3 nitrogen and oxygen atoms in total. The first kappa shape index (κ1) is 14.5. The fraction of sp³-hybridized carbons (Fsp3) is 1.00. The van der Waals surface area contributed by atoms with Crippen LogP contribution in [0.3, 0.4) is 0 Å². The van der Waals surface area contributed by atoms with Gasteiger partial charge in [0.05, 0.1) is 0 Å². The molecule has 1 atom stereocenters. The van der Waals surface area contributed by atoms with Crippen molar-refractivity contribution in [3.63, 3.8) is 0 Å². The van der Waals surface area contributed by atoms with Crippen LogP contribution in [0.1, 0.15) is 64.2 Å². The molecule has 120 valence electrons. The predicted octanol–water partition coefficient (Wildman–Crippen LogP) is 2.60. The average Bonchev–Trinajstić information content (AvgIpc) is 3.17. The second-order valence-electron chi connectivity index (χ2n) is 8.41. The molecule has 4 rings (SSSR count). The highest BCUT2D eigenvalue weighted by Crippen LogP contribution is 2.52. The highest BCUT2D eigenvalue weighted by molar-refractivity contribution is 5.03. The molecule has 2 heterocycles. The molecule has 2 N–H and O–H groups in total. The summed E-state index contributed by atoms with van der Waals surface area (Å²) in [7, 11) is 0. The Hall–Kier alpha value is -0.120. The molecule has 3 heteroatoms. The van der Waals surface area contributed by atoms with E-state index in [1.807, 2.05) is 0 Å². The topological polar surface area (TPSA) is 32.5 Å². The monoisotopic (exact) mass is 291 g/mol. The van der Waals surface area contributed by atoms with E-state index in [1.54, 1.807) is 0 Å². The molecule has 0 amide bonds. The minimum atomic E-state index is 0.350. The fourth-order valence-electron chi connectivity index (χ4n) is 5.94. The van der Waals surface area contributed by atoms with Crippen LogP contribution >= 0.6 is 0 Å². The van der Waals surface area contributed by atoms with Crippen molar-refractivity contribution in [2.45, 2.75) is 75.8 Å². The summed E-state index contributed by atoms with van der Waals surface area (Å²) in [6.45, 7) is 6.08. The maximum Gasteiger partial charge on any atom is 0.0333 e. The second kappa shape index (κ2) is 5.50. The molecular weight excluding hydrogens is 258 g/mol. The van der Waals surface area contributed by atoms with E-state index in [9.17, 15) is 0 Å². The van der Waals surface area contributed by atoms with Crippen LogP contribution in [0.2, 0.25) is 0 Å². The van der Waals surface area contributed by atoms with E-state index in [0.717, 1.165) is 18.0 Å². The Morgan fingerprint density at radius 3 is 2.33 bits per heavy atom. The quantitative estimate of drug-likeness (QED) is 0.849. The molecule has 4 fully saturated rings. The van der Waals surface area contributed by atoms with Crippen LogP contribution in [0, 0.1) is 5.41 Å². The van der Waals surface area contributed by atoms with Gasteiger partial charge in [-0.15, -0.1) is 0 Å². The van der Waals surface area contributed by atoms with Gasteiger partial charge in [-0.3, -0.25) is 9.80 Å². The molecule has 21 heavy (non-hydrogen) atoms. The molecular formula is C18H33N3. The van der Waals surface area contributed by atoms with E-state index in [4.69, 9.17) is 5.73 Å². The van der Waals surface area contributed by atoms with Gasteiger partial charge < -0.3 is 5.73 Å². The molecule has 0 aromatic carbocycles. The van der Waals surface area contributed by atoms with Gasteiger partial charge in [-0.1, -0.05) is 12.8 Å². The number of rotatable bonds is 2. The largest absolute Gasteiger partial charge is 0.329 e. The van der Waals surface area contributed by atoms with Crippen LogP contribution < -0.4 is 5.73 Å². The number of hydrogen-bond donors (Lipinski definition) is 1. The van der Waals surface area contributed by atoms with Gasteiger partial charge >= 0.3 is 0 Å². The van der Waals surface area contributed by atoms with Crippen molar-refractivity contribution in [1.82, 2.24) is 9.80 Å². The molecule has 4 aliphatic rings. The number of nitrogens with two attached hydrogens (primary N) is 1. The molecule has 0 radical (unpaired) electrons. The first-order valence-corrected chi connectivity index (χ1v) is 9.45. The molecule has 1 spiro atoms.